The highest BCUT2D eigenvalue weighted by molar-refractivity contribution is 9.10. The molecule has 1 fully saturated rings. The highest BCUT2D eigenvalue weighted by Crippen LogP contribution is 2.26. The van der Waals surface area contributed by atoms with E-state index in [0.29, 0.717) is 10.1 Å². The molecule has 2 aromatic carbocycles. The summed E-state index contributed by atoms with van der Waals surface area (Å²) >= 11 is 14.9. The van der Waals surface area contributed by atoms with Gasteiger partial charge in [0.25, 0.3) is 0 Å². The van der Waals surface area contributed by atoms with Crippen molar-refractivity contribution in [2.75, 3.05) is 23.3 Å². The molecule has 6 heteroatoms. The summed E-state index contributed by atoms with van der Waals surface area (Å²) in [5.74, 6) is 0. The Morgan fingerprint density at radius 1 is 1.16 bits per heavy atom. The van der Waals surface area contributed by atoms with Crippen LogP contribution in [-0.2, 0) is 0 Å². The maximum Gasteiger partial charge on any atom is 0.171 e. The lowest BCUT2D eigenvalue weighted by Gasteiger charge is -2.20. The van der Waals surface area contributed by atoms with Crippen molar-refractivity contribution >= 4 is 56.2 Å². The van der Waals surface area contributed by atoms with E-state index >= 15 is 0 Å². The van der Waals surface area contributed by atoms with Crippen molar-refractivity contribution in [1.82, 2.24) is 5.32 Å². The fraction of sp³-hybridized carbons (Fsp3) is 0.316. The van der Waals surface area contributed by atoms with Crippen molar-refractivity contribution in [1.29, 1.82) is 0 Å². The largest absolute Gasteiger partial charge is 0.372 e. The number of rotatable bonds is 4. The minimum atomic E-state index is 0.124. The van der Waals surface area contributed by atoms with E-state index in [1.165, 1.54) is 24.1 Å². The molecule has 2 aromatic rings. The Balaban J connectivity index is 1.58. The van der Waals surface area contributed by atoms with Gasteiger partial charge in [-0.3, -0.25) is 0 Å². The molecule has 0 bridgehead atoms. The van der Waals surface area contributed by atoms with E-state index in [1.807, 2.05) is 18.2 Å². The molecule has 0 amide bonds. The minimum Gasteiger partial charge on any atom is -0.372 e. The van der Waals surface area contributed by atoms with E-state index in [0.717, 1.165) is 23.2 Å². The first kappa shape index (κ1) is 18.5. The van der Waals surface area contributed by atoms with Crippen LogP contribution >= 0.6 is 39.7 Å². The van der Waals surface area contributed by atoms with Crippen molar-refractivity contribution in [2.45, 2.75) is 25.8 Å². The van der Waals surface area contributed by atoms with E-state index in [2.05, 4.69) is 62.7 Å². The Labute approximate surface area is 167 Å². The zero-order valence-corrected chi connectivity index (χ0v) is 17.2. The average molecular weight is 439 g/mol. The van der Waals surface area contributed by atoms with Crippen molar-refractivity contribution in [3.05, 3.63) is 57.5 Å². The summed E-state index contributed by atoms with van der Waals surface area (Å²) in [5, 5.41) is 7.72. The zero-order valence-electron chi connectivity index (χ0n) is 14.1. The molecule has 2 N–H and O–H groups in total. The smallest absolute Gasteiger partial charge is 0.171 e. The van der Waals surface area contributed by atoms with E-state index in [1.54, 1.807) is 0 Å². The van der Waals surface area contributed by atoms with Crippen molar-refractivity contribution < 1.29 is 0 Å². The topological polar surface area (TPSA) is 27.3 Å². The second-order valence-electron chi connectivity index (χ2n) is 6.23. The Bertz CT molecular complexity index is 745. The monoisotopic (exact) mass is 437 g/mol. The molecular weight excluding hydrogens is 418 g/mol. The van der Waals surface area contributed by atoms with E-state index in [-0.39, 0.29) is 6.04 Å². The lowest BCUT2D eigenvalue weighted by molar-refractivity contribution is 0.722. The number of nitrogens with zero attached hydrogens (tertiary/aromatic N) is 1. The summed E-state index contributed by atoms with van der Waals surface area (Å²) in [6.45, 7) is 4.43. The molecule has 0 aromatic heterocycles. The van der Waals surface area contributed by atoms with Crippen LogP contribution in [0.4, 0.5) is 11.4 Å². The minimum absolute atomic E-state index is 0.124. The number of hydrogen-bond acceptors (Lipinski definition) is 2. The van der Waals surface area contributed by atoms with Gasteiger partial charge in [0, 0.05) is 28.9 Å². The molecule has 25 heavy (non-hydrogen) atoms. The number of hydrogen-bond donors (Lipinski definition) is 2. The lowest BCUT2D eigenvalue weighted by Crippen LogP contribution is -2.30. The van der Waals surface area contributed by atoms with Gasteiger partial charge in [0.2, 0.25) is 0 Å². The number of thiocarbonyl (C=S) groups is 1. The van der Waals surface area contributed by atoms with Crippen LogP contribution in [0.1, 0.15) is 31.4 Å². The molecule has 0 unspecified atom stereocenters. The third kappa shape index (κ3) is 4.87. The van der Waals surface area contributed by atoms with Gasteiger partial charge >= 0.3 is 0 Å². The van der Waals surface area contributed by atoms with Gasteiger partial charge < -0.3 is 15.5 Å². The summed E-state index contributed by atoms with van der Waals surface area (Å²) in [6.07, 6.45) is 2.58. The Morgan fingerprint density at radius 3 is 2.48 bits per heavy atom. The summed E-state index contributed by atoms with van der Waals surface area (Å²) in [4.78, 5) is 2.44. The van der Waals surface area contributed by atoms with Gasteiger partial charge in [-0.2, -0.15) is 0 Å². The summed E-state index contributed by atoms with van der Waals surface area (Å²) < 4.78 is 0.866. The van der Waals surface area contributed by atoms with Crippen LogP contribution < -0.4 is 15.5 Å². The molecule has 0 spiro atoms. The molecule has 1 heterocycles. The summed E-state index contributed by atoms with van der Waals surface area (Å²) in [7, 11) is 0. The van der Waals surface area contributed by atoms with Gasteiger partial charge in [0.1, 0.15) is 0 Å². The Kier molecular flexibility index (Phi) is 6.20. The van der Waals surface area contributed by atoms with Gasteiger partial charge in [-0.25, -0.2) is 0 Å². The van der Waals surface area contributed by atoms with Gasteiger partial charge in [-0.05, 0) is 83.8 Å². The van der Waals surface area contributed by atoms with Gasteiger partial charge in [-0.15, -0.1) is 0 Å². The van der Waals surface area contributed by atoms with Crippen LogP contribution in [0.5, 0.6) is 0 Å². The predicted octanol–water partition coefficient (Wildman–Crippen LogP) is 5.75. The molecule has 132 valence electrons. The van der Waals surface area contributed by atoms with Crippen LogP contribution in [0.3, 0.4) is 0 Å². The highest BCUT2D eigenvalue weighted by atomic mass is 79.9. The first-order valence-corrected chi connectivity index (χ1v) is 9.98. The van der Waals surface area contributed by atoms with Crippen molar-refractivity contribution in [2.24, 2.45) is 0 Å². The molecule has 1 saturated heterocycles. The maximum absolute atomic E-state index is 6.11. The lowest BCUT2D eigenvalue weighted by atomic mass is 10.1. The standard InChI is InChI=1S/C19H21BrClN3S/c1-13(14-4-7-16(8-5-14)24-10-2-3-11-24)22-19(25)23-15-6-9-17(20)18(21)12-15/h4-9,12-13H,2-3,10-11H2,1H3,(H2,22,23,25)/t13-/m1/s1. The van der Waals surface area contributed by atoms with Crippen LogP contribution in [-0.4, -0.2) is 18.2 Å². The number of halogens is 2. The third-order valence-corrected chi connectivity index (χ3v) is 5.84. The molecule has 1 aliphatic heterocycles. The van der Waals surface area contributed by atoms with Gasteiger partial charge in [-0.1, -0.05) is 23.7 Å². The highest BCUT2D eigenvalue weighted by Gasteiger charge is 2.13. The molecule has 1 atom stereocenters. The normalized spacial score (nSPS) is 15.1. The maximum atomic E-state index is 6.11. The first-order chi connectivity index (χ1) is 12.0. The SMILES string of the molecule is C[C@@H](NC(=S)Nc1ccc(Br)c(Cl)c1)c1ccc(N2CCCC2)cc1. The molecule has 1 aliphatic rings. The Hall–Kier alpha value is -1.30. The summed E-state index contributed by atoms with van der Waals surface area (Å²) in [6, 6.07) is 14.5. The van der Waals surface area contributed by atoms with E-state index < -0.39 is 0 Å². The fourth-order valence-corrected chi connectivity index (χ4v) is 3.69. The number of benzene rings is 2. The third-order valence-electron chi connectivity index (χ3n) is 4.39. The number of anilines is 2. The van der Waals surface area contributed by atoms with Crippen molar-refractivity contribution in [3.63, 3.8) is 0 Å². The quantitative estimate of drug-likeness (QED) is 0.594. The molecule has 0 radical (unpaired) electrons. The molecular formula is C19H21BrClN3S. The zero-order chi connectivity index (χ0) is 17.8. The van der Waals surface area contributed by atoms with Crippen LogP contribution in [0, 0.1) is 0 Å². The van der Waals surface area contributed by atoms with E-state index in [4.69, 9.17) is 23.8 Å². The van der Waals surface area contributed by atoms with Crippen LogP contribution in [0.25, 0.3) is 0 Å². The van der Waals surface area contributed by atoms with Crippen LogP contribution in [0.2, 0.25) is 5.02 Å². The van der Waals surface area contributed by atoms with E-state index in [9.17, 15) is 0 Å². The van der Waals surface area contributed by atoms with Crippen LogP contribution in [0.15, 0.2) is 46.9 Å². The average Bonchev–Trinajstić information content (AvgIpc) is 3.13. The fourth-order valence-electron chi connectivity index (χ4n) is 2.97. The van der Waals surface area contributed by atoms with Crippen molar-refractivity contribution in [3.8, 4) is 0 Å². The van der Waals surface area contributed by atoms with Gasteiger partial charge in [0.05, 0.1) is 11.1 Å². The molecule has 3 rings (SSSR count). The second kappa shape index (κ2) is 8.39. The second-order valence-corrected chi connectivity index (χ2v) is 7.90. The number of nitrogens with one attached hydrogen (secondary N) is 2. The molecule has 0 saturated carbocycles. The Morgan fingerprint density at radius 2 is 1.84 bits per heavy atom. The first-order valence-electron chi connectivity index (χ1n) is 8.40. The molecule has 0 aliphatic carbocycles. The van der Waals surface area contributed by atoms with Gasteiger partial charge in [0.15, 0.2) is 5.11 Å². The summed E-state index contributed by atoms with van der Waals surface area (Å²) in [5.41, 5.74) is 3.38. The molecule has 3 nitrogen and oxygen atoms in total. The predicted molar refractivity (Wildman–Crippen MR) is 115 cm³/mol.